The highest BCUT2D eigenvalue weighted by Gasteiger charge is 2.30. The summed E-state index contributed by atoms with van der Waals surface area (Å²) in [5.41, 5.74) is 2.29. The molecule has 0 spiro atoms. The fourth-order valence-corrected chi connectivity index (χ4v) is 3.71. The van der Waals surface area contributed by atoms with E-state index in [0.717, 1.165) is 37.1 Å². The van der Waals surface area contributed by atoms with Crippen LogP contribution in [0.2, 0.25) is 0 Å². The van der Waals surface area contributed by atoms with Gasteiger partial charge in [-0.2, -0.15) is 5.10 Å². The van der Waals surface area contributed by atoms with Gasteiger partial charge in [0.2, 0.25) is 0 Å². The first kappa shape index (κ1) is 19.1. The summed E-state index contributed by atoms with van der Waals surface area (Å²) >= 11 is 0. The number of rotatable bonds is 4. The van der Waals surface area contributed by atoms with Gasteiger partial charge in [-0.05, 0) is 44.9 Å². The van der Waals surface area contributed by atoms with Gasteiger partial charge in [-0.3, -0.25) is 9.59 Å². The van der Waals surface area contributed by atoms with E-state index in [-0.39, 0.29) is 11.9 Å². The van der Waals surface area contributed by atoms with Crippen LogP contribution in [0.5, 0.6) is 0 Å². The summed E-state index contributed by atoms with van der Waals surface area (Å²) in [7, 11) is 0. The van der Waals surface area contributed by atoms with E-state index in [2.05, 4.69) is 15.4 Å². The zero-order valence-electron chi connectivity index (χ0n) is 15.8. The van der Waals surface area contributed by atoms with Crippen molar-refractivity contribution in [2.75, 3.05) is 0 Å². The molecule has 2 unspecified atom stereocenters. The first-order valence-corrected chi connectivity index (χ1v) is 9.49. The number of aryl methyl sites for hydroxylation is 2. The number of carbonyl (C=O) groups is 2. The number of aliphatic carboxylic acids is 1. The van der Waals surface area contributed by atoms with Crippen LogP contribution in [-0.2, 0) is 4.79 Å². The lowest BCUT2D eigenvalue weighted by Crippen LogP contribution is -2.44. The summed E-state index contributed by atoms with van der Waals surface area (Å²) in [6.45, 7) is 3.86. The molecule has 2 aromatic rings. The second kappa shape index (κ2) is 8.33. The van der Waals surface area contributed by atoms with Gasteiger partial charge in [0.05, 0.1) is 17.2 Å². The smallest absolute Gasteiger partial charge is 0.308 e. The molecular formula is C20H26N4O3. The fraction of sp³-hybridized carbons (Fsp3) is 0.500. The lowest BCUT2D eigenvalue weighted by molar-refractivity contribution is -0.143. The molecule has 7 heteroatoms. The maximum atomic E-state index is 12.6. The molecule has 0 aromatic carbocycles. The number of nitrogens with zero attached hydrogens (tertiary/aromatic N) is 3. The largest absolute Gasteiger partial charge is 0.481 e. The second-order valence-corrected chi connectivity index (χ2v) is 7.26. The Morgan fingerprint density at radius 3 is 2.48 bits per heavy atom. The molecule has 0 aliphatic heterocycles. The van der Waals surface area contributed by atoms with E-state index in [9.17, 15) is 14.7 Å². The van der Waals surface area contributed by atoms with Crippen LogP contribution in [0, 0.1) is 19.8 Å². The van der Waals surface area contributed by atoms with Gasteiger partial charge in [0.15, 0.2) is 5.82 Å². The first-order chi connectivity index (χ1) is 13.0. The molecule has 144 valence electrons. The summed E-state index contributed by atoms with van der Waals surface area (Å²) in [5.74, 6) is -0.998. The molecule has 2 N–H and O–H groups in total. The minimum Gasteiger partial charge on any atom is -0.481 e. The third-order valence-corrected chi connectivity index (χ3v) is 5.14. The van der Waals surface area contributed by atoms with Gasteiger partial charge in [-0.1, -0.05) is 25.7 Å². The van der Waals surface area contributed by atoms with E-state index in [1.165, 1.54) is 6.20 Å². The number of nitrogens with one attached hydrogen (secondary N) is 1. The molecule has 1 saturated carbocycles. The molecule has 0 saturated heterocycles. The summed E-state index contributed by atoms with van der Waals surface area (Å²) in [5, 5.41) is 16.8. The van der Waals surface area contributed by atoms with Crippen LogP contribution in [-0.4, -0.2) is 37.8 Å². The highest BCUT2D eigenvalue weighted by atomic mass is 16.4. The maximum Gasteiger partial charge on any atom is 0.308 e. The molecule has 1 aliphatic rings. The SMILES string of the molecule is Cc1cc(C)n(-c2ccc(C(=O)NC3CCCCCCC3C(=O)O)cn2)n1. The van der Waals surface area contributed by atoms with Crippen molar-refractivity contribution < 1.29 is 14.7 Å². The Morgan fingerprint density at radius 1 is 1.15 bits per heavy atom. The van der Waals surface area contributed by atoms with Crippen LogP contribution < -0.4 is 5.32 Å². The maximum absolute atomic E-state index is 12.6. The number of carbonyl (C=O) groups excluding carboxylic acids is 1. The van der Waals surface area contributed by atoms with Gasteiger partial charge >= 0.3 is 5.97 Å². The molecule has 3 rings (SSSR count). The van der Waals surface area contributed by atoms with Gasteiger partial charge in [-0.25, -0.2) is 9.67 Å². The molecule has 2 aromatic heterocycles. The topological polar surface area (TPSA) is 97.1 Å². The number of aromatic nitrogens is 3. The third-order valence-electron chi connectivity index (χ3n) is 5.14. The van der Waals surface area contributed by atoms with E-state index in [0.29, 0.717) is 24.2 Å². The van der Waals surface area contributed by atoms with Crippen molar-refractivity contribution in [3.63, 3.8) is 0 Å². The standard InChI is InChI=1S/C20H26N4O3/c1-13-11-14(2)24(23-13)18-10-9-15(12-21-18)19(25)22-17-8-6-4-3-5-7-16(17)20(26)27/h9-12,16-17H,3-8H2,1-2H3,(H,22,25)(H,26,27). The van der Waals surface area contributed by atoms with Gasteiger partial charge < -0.3 is 10.4 Å². The number of carboxylic acids is 1. The molecule has 27 heavy (non-hydrogen) atoms. The summed E-state index contributed by atoms with van der Waals surface area (Å²) in [6.07, 6.45) is 6.78. The summed E-state index contributed by atoms with van der Waals surface area (Å²) < 4.78 is 1.73. The number of hydrogen-bond donors (Lipinski definition) is 2. The predicted molar refractivity (Wildman–Crippen MR) is 101 cm³/mol. The normalized spacial score (nSPS) is 20.5. The molecule has 7 nitrogen and oxygen atoms in total. The molecule has 2 heterocycles. The Hall–Kier alpha value is -2.70. The lowest BCUT2D eigenvalue weighted by atomic mass is 9.86. The number of amides is 1. The average molecular weight is 370 g/mol. The average Bonchev–Trinajstić information content (AvgIpc) is 2.95. The molecule has 1 amide bonds. The van der Waals surface area contributed by atoms with Crippen molar-refractivity contribution in [2.45, 2.75) is 58.4 Å². The fourth-order valence-electron chi connectivity index (χ4n) is 3.71. The Kier molecular flexibility index (Phi) is 5.88. The van der Waals surface area contributed by atoms with Gasteiger partial charge in [0.1, 0.15) is 0 Å². The van der Waals surface area contributed by atoms with Crippen molar-refractivity contribution in [1.82, 2.24) is 20.1 Å². The summed E-state index contributed by atoms with van der Waals surface area (Å²) in [6, 6.07) is 5.07. The Morgan fingerprint density at radius 2 is 1.89 bits per heavy atom. The second-order valence-electron chi connectivity index (χ2n) is 7.26. The van der Waals surface area contributed by atoms with Gasteiger partial charge in [0.25, 0.3) is 5.91 Å². The number of pyridine rings is 1. The minimum atomic E-state index is -0.833. The van der Waals surface area contributed by atoms with Crippen molar-refractivity contribution in [3.8, 4) is 5.82 Å². The van der Waals surface area contributed by atoms with Crippen LogP contribution in [0.3, 0.4) is 0 Å². The number of carboxylic acid groups (broad SMARTS) is 1. The molecule has 0 radical (unpaired) electrons. The molecule has 1 aliphatic carbocycles. The van der Waals surface area contributed by atoms with Crippen LogP contribution in [0.15, 0.2) is 24.4 Å². The van der Waals surface area contributed by atoms with Crippen molar-refractivity contribution >= 4 is 11.9 Å². The predicted octanol–water partition coefficient (Wildman–Crippen LogP) is 3.04. The van der Waals surface area contributed by atoms with E-state index in [4.69, 9.17) is 0 Å². The molecule has 1 fully saturated rings. The minimum absolute atomic E-state index is 0.278. The molecule has 2 atom stereocenters. The number of hydrogen-bond acceptors (Lipinski definition) is 4. The quantitative estimate of drug-likeness (QED) is 0.862. The van der Waals surface area contributed by atoms with Crippen LogP contribution in [0.1, 0.15) is 60.3 Å². The van der Waals surface area contributed by atoms with Crippen molar-refractivity contribution in [2.24, 2.45) is 5.92 Å². The molecule has 0 bridgehead atoms. The van der Waals surface area contributed by atoms with Crippen LogP contribution in [0.25, 0.3) is 5.82 Å². The Balaban J connectivity index is 1.72. The van der Waals surface area contributed by atoms with Crippen molar-refractivity contribution in [1.29, 1.82) is 0 Å². The lowest BCUT2D eigenvalue weighted by Gasteiger charge is -2.27. The molecular weight excluding hydrogens is 344 g/mol. The first-order valence-electron chi connectivity index (χ1n) is 9.49. The van der Waals surface area contributed by atoms with Crippen LogP contribution in [0.4, 0.5) is 0 Å². The van der Waals surface area contributed by atoms with E-state index < -0.39 is 11.9 Å². The van der Waals surface area contributed by atoms with E-state index >= 15 is 0 Å². The Labute approximate surface area is 158 Å². The van der Waals surface area contributed by atoms with Gasteiger partial charge in [0, 0.05) is 17.9 Å². The van der Waals surface area contributed by atoms with E-state index in [1.807, 2.05) is 19.9 Å². The summed E-state index contributed by atoms with van der Waals surface area (Å²) in [4.78, 5) is 28.6. The monoisotopic (exact) mass is 370 g/mol. The Bertz CT molecular complexity index is 813. The van der Waals surface area contributed by atoms with Crippen LogP contribution >= 0.6 is 0 Å². The van der Waals surface area contributed by atoms with Gasteiger partial charge in [-0.15, -0.1) is 0 Å². The zero-order valence-corrected chi connectivity index (χ0v) is 15.8. The van der Waals surface area contributed by atoms with E-state index in [1.54, 1.807) is 16.8 Å². The van der Waals surface area contributed by atoms with Crippen molar-refractivity contribution in [3.05, 3.63) is 41.3 Å². The zero-order chi connectivity index (χ0) is 19.4. The third kappa shape index (κ3) is 4.53. The highest BCUT2D eigenvalue weighted by Crippen LogP contribution is 2.23. The highest BCUT2D eigenvalue weighted by molar-refractivity contribution is 5.94.